The van der Waals surface area contributed by atoms with Gasteiger partial charge in [0.15, 0.2) is 0 Å². The van der Waals surface area contributed by atoms with Crippen molar-refractivity contribution in [1.29, 1.82) is 0 Å². The van der Waals surface area contributed by atoms with Crippen molar-refractivity contribution in [3.05, 3.63) is 0 Å². The predicted octanol–water partition coefficient (Wildman–Crippen LogP) is 3.09. The second-order valence-electron chi connectivity index (χ2n) is 6.43. The van der Waals surface area contributed by atoms with Crippen molar-refractivity contribution in [3.63, 3.8) is 0 Å². The summed E-state index contributed by atoms with van der Waals surface area (Å²) in [5.74, 6) is 2.69. The van der Waals surface area contributed by atoms with E-state index in [1.807, 2.05) is 6.92 Å². The van der Waals surface area contributed by atoms with E-state index in [1.165, 1.54) is 25.7 Å². The molecule has 0 radical (unpaired) electrons. The maximum atomic E-state index is 12.0. The molecule has 0 aromatic rings. The van der Waals surface area contributed by atoms with Gasteiger partial charge in [-0.25, -0.2) is 0 Å². The van der Waals surface area contributed by atoms with Gasteiger partial charge in [-0.2, -0.15) is 0 Å². The summed E-state index contributed by atoms with van der Waals surface area (Å²) in [4.78, 5) is 14.3. The van der Waals surface area contributed by atoms with Crippen LogP contribution in [0.3, 0.4) is 0 Å². The predicted molar refractivity (Wildman–Crippen MR) is 76.9 cm³/mol. The Balaban J connectivity index is 1.88. The lowest BCUT2D eigenvalue weighted by Crippen LogP contribution is -2.42. The molecule has 4 atom stereocenters. The first-order chi connectivity index (χ1) is 9.15. The van der Waals surface area contributed by atoms with Gasteiger partial charge in [0.05, 0.1) is 6.61 Å². The second kappa shape index (κ2) is 6.74. The molecular formula is C16H29NO2. The molecule has 2 rings (SSSR count). The van der Waals surface area contributed by atoms with Crippen molar-refractivity contribution in [2.75, 3.05) is 20.2 Å². The molecule has 0 aromatic carbocycles. The molecular weight excluding hydrogens is 238 g/mol. The number of hydrogen-bond acceptors (Lipinski definition) is 3. The number of nitrogens with zero attached hydrogens (tertiary/aromatic N) is 1. The number of rotatable bonds is 7. The van der Waals surface area contributed by atoms with Crippen LogP contribution in [0.4, 0.5) is 0 Å². The standard InChI is InChI=1S/C16H29NO2/c1-4-6-15(16(18)19-5-2)17(3)11-14-10-12-7-8-13(14)9-12/h12-15H,4-11H2,1-3H3. The molecule has 4 unspecified atom stereocenters. The number of likely N-dealkylation sites (N-methyl/N-ethyl adjacent to an activating group) is 1. The van der Waals surface area contributed by atoms with Gasteiger partial charge in [0, 0.05) is 6.54 Å². The zero-order valence-electron chi connectivity index (χ0n) is 12.7. The van der Waals surface area contributed by atoms with Crippen LogP contribution in [0.25, 0.3) is 0 Å². The molecule has 2 bridgehead atoms. The molecule has 2 fully saturated rings. The molecule has 2 saturated carbocycles. The summed E-state index contributed by atoms with van der Waals surface area (Å²) in [5, 5.41) is 0. The smallest absolute Gasteiger partial charge is 0.323 e. The average Bonchev–Trinajstić information content (AvgIpc) is 2.98. The van der Waals surface area contributed by atoms with Crippen molar-refractivity contribution < 1.29 is 9.53 Å². The van der Waals surface area contributed by atoms with Crippen molar-refractivity contribution in [1.82, 2.24) is 4.90 Å². The lowest BCUT2D eigenvalue weighted by molar-refractivity contribution is -0.149. The first kappa shape index (κ1) is 14.8. The first-order valence-corrected chi connectivity index (χ1v) is 8.02. The summed E-state index contributed by atoms with van der Waals surface area (Å²) in [7, 11) is 2.10. The van der Waals surface area contributed by atoms with Gasteiger partial charge in [0.25, 0.3) is 0 Å². The number of ether oxygens (including phenoxy) is 1. The zero-order valence-corrected chi connectivity index (χ0v) is 12.7. The summed E-state index contributed by atoms with van der Waals surface area (Å²) in [6, 6.07) is -0.0379. The van der Waals surface area contributed by atoms with E-state index in [1.54, 1.807) is 0 Å². The molecule has 0 spiro atoms. The average molecular weight is 267 g/mol. The second-order valence-corrected chi connectivity index (χ2v) is 6.43. The van der Waals surface area contributed by atoms with E-state index >= 15 is 0 Å². The van der Waals surface area contributed by atoms with Gasteiger partial charge in [-0.15, -0.1) is 0 Å². The van der Waals surface area contributed by atoms with E-state index in [0.29, 0.717) is 6.61 Å². The Kier molecular flexibility index (Phi) is 5.26. The van der Waals surface area contributed by atoms with Gasteiger partial charge in [-0.3, -0.25) is 9.69 Å². The molecule has 0 heterocycles. The number of esters is 1. The van der Waals surface area contributed by atoms with Crippen LogP contribution in [0.15, 0.2) is 0 Å². The summed E-state index contributed by atoms with van der Waals surface area (Å²) >= 11 is 0. The van der Waals surface area contributed by atoms with Crippen LogP contribution in [0, 0.1) is 17.8 Å². The van der Waals surface area contributed by atoms with Crippen LogP contribution in [-0.2, 0) is 9.53 Å². The quantitative estimate of drug-likeness (QED) is 0.664. The van der Waals surface area contributed by atoms with Gasteiger partial charge in [0.1, 0.15) is 6.04 Å². The Bertz CT molecular complexity index is 305. The fourth-order valence-corrected chi connectivity index (χ4v) is 4.13. The number of carbonyl (C=O) groups is 1. The summed E-state index contributed by atoms with van der Waals surface area (Å²) in [5.41, 5.74) is 0. The maximum Gasteiger partial charge on any atom is 0.323 e. The molecule has 0 aromatic heterocycles. The van der Waals surface area contributed by atoms with Crippen LogP contribution in [0.1, 0.15) is 52.4 Å². The Morgan fingerprint density at radius 2 is 2.11 bits per heavy atom. The largest absolute Gasteiger partial charge is 0.465 e. The van der Waals surface area contributed by atoms with Gasteiger partial charge in [-0.1, -0.05) is 19.8 Å². The normalized spacial score (nSPS) is 30.8. The lowest BCUT2D eigenvalue weighted by atomic mass is 9.88. The van der Waals surface area contributed by atoms with Crippen LogP contribution in [0.5, 0.6) is 0 Å². The van der Waals surface area contributed by atoms with Crippen LogP contribution < -0.4 is 0 Å². The highest BCUT2D eigenvalue weighted by Crippen LogP contribution is 2.48. The van der Waals surface area contributed by atoms with E-state index in [2.05, 4.69) is 18.9 Å². The highest BCUT2D eigenvalue weighted by molar-refractivity contribution is 5.75. The number of hydrogen-bond donors (Lipinski definition) is 0. The van der Waals surface area contributed by atoms with E-state index in [0.717, 1.165) is 37.1 Å². The molecule has 19 heavy (non-hydrogen) atoms. The van der Waals surface area contributed by atoms with E-state index < -0.39 is 0 Å². The fourth-order valence-electron chi connectivity index (χ4n) is 4.13. The summed E-state index contributed by atoms with van der Waals surface area (Å²) < 4.78 is 5.22. The summed E-state index contributed by atoms with van der Waals surface area (Å²) in [6.07, 6.45) is 7.63. The van der Waals surface area contributed by atoms with Crippen molar-refractivity contribution in [2.45, 2.75) is 58.4 Å². The molecule has 110 valence electrons. The molecule has 2 aliphatic rings. The summed E-state index contributed by atoms with van der Waals surface area (Å²) in [6.45, 7) is 5.58. The minimum Gasteiger partial charge on any atom is -0.465 e. The van der Waals surface area contributed by atoms with E-state index in [-0.39, 0.29) is 12.0 Å². The molecule has 2 aliphatic carbocycles. The van der Waals surface area contributed by atoms with Crippen molar-refractivity contribution in [3.8, 4) is 0 Å². The molecule has 0 aliphatic heterocycles. The van der Waals surface area contributed by atoms with Crippen molar-refractivity contribution in [2.24, 2.45) is 17.8 Å². The third kappa shape index (κ3) is 3.50. The van der Waals surface area contributed by atoms with E-state index in [9.17, 15) is 4.79 Å². The number of carbonyl (C=O) groups excluding carboxylic acids is 1. The highest BCUT2D eigenvalue weighted by Gasteiger charge is 2.40. The Morgan fingerprint density at radius 1 is 1.32 bits per heavy atom. The van der Waals surface area contributed by atoms with Gasteiger partial charge in [-0.05, 0) is 57.4 Å². The molecule has 3 nitrogen and oxygen atoms in total. The molecule has 0 amide bonds. The zero-order chi connectivity index (χ0) is 13.8. The third-order valence-electron chi connectivity index (χ3n) is 5.06. The monoisotopic (exact) mass is 267 g/mol. The van der Waals surface area contributed by atoms with Gasteiger partial charge >= 0.3 is 5.97 Å². The SMILES string of the molecule is CCCC(C(=O)OCC)N(C)CC1CC2CCC1C2. The fraction of sp³-hybridized carbons (Fsp3) is 0.938. The Hall–Kier alpha value is -0.570. The first-order valence-electron chi connectivity index (χ1n) is 8.02. The highest BCUT2D eigenvalue weighted by atomic mass is 16.5. The third-order valence-corrected chi connectivity index (χ3v) is 5.06. The number of fused-ring (bicyclic) bond motifs is 2. The minimum atomic E-state index is -0.0379. The topological polar surface area (TPSA) is 29.5 Å². The minimum absolute atomic E-state index is 0.0324. The van der Waals surface area contributed by atoms with Crippen LogP contribution in [-0.4, -0.2) is 37.1 Å². The van der Waals surface area contributed by atoms with E-state index in [4.69, 9.17) is 4.74 Å². The Morgan fingerprint density at radius 3 is 2.63 bits per heavy atom. The maximum absolute atomic E-state index is 12.0. The van der Waals surface area contributed by atoms with Gasteiger partial charge in [0.2, 0.25) is 0 Å². The molecule has 0 saturated heterocycles. The molecule has 3 heteroatoms. The van der Waals surface area contributed by atoms with Gasteiger partial charge < -0.3 is 4.74 Å². The lowest BCUT2D eigenvalue weighted by Gasteiger charge is -2.31. The molecule has 0 N–H and O–H groups in total. The van der Waals surface area contributed by atoms with Crippen molar-refractivity contribution >= 4 is 5.97 Å². The van der Waals surface area contributed by atoms with Crippen LogP contribution >= 0.6 is 0 Å². The van der Waals surface area contributed by atoms with Crippen LogP contribution in [0.2, 0.25) is 0 Å². The Labute approximate surface area is 117 Å².